The highest BCUT2D eigenvalue weighted by molar-refractivity contribution is 9.10. The van der Waals surface area contributed by atoms with Gasteiger partial charge in [0.15, 0.2) is 0 Å². The molecule has 1 aliphatic carbocycles. The molecule has 0 saturated heterocycles. The molecule has 5 nitrogen and oxygen atoms in total. The van der Waals surface area contributed by atoms with Gasteiger partial charge in [-0.25, -0.2) is 21.6 Å². The first-order valence-electron chi connectivity index (χ1n) is 9.69. The predicted molar refractivity (Wildman–Crippen MR) is 119 cm³/mol. The van der Waals surface area contributed by atoms with Crippen molar-refractivity contribution >= 4 is 35.8 Å². The van der Waals surface area contributed by atoms with E-state index in [2.05, 4.69) is 20.7 Å². The van der Waals surface area contributed by atoms with Gasteiger partial charge in [-0.15, -0.1) is 0 Å². The minimum absolute atomic E-state index is 0.155. The topological polar surface area (TPSA) is 80.3 Å². The van der Waals surface area contributed by atoms with Crippen molar-refractivity contribution < 1.29 is 30.0 Å². The summed E-state index contributed by atoms with van der Waals surface area (Å²) < 4.78 is 96.1. The summed E-state index contributed by atoms with van der Waals surface area (Å²) in [7, 11) is -8.92. The molecular weight excluding hydrogens is 543 g/mol. The van der Waals surface area contributed by atoms with Crippen LogP contribution in [0.4, 0.5) is 13.2 Å². The summed E-state index contributed by atoms with van der Waals surface area (Å²) in [5.41, 5.74) is 0.344. The molecule has 0 aromatic heterocycles. The van der Waals surface area contributed by atoms with E-state index in [1.165, 1.54) is 24.3 Å². The number of hydrogen-bond donors (Lipinski definition) is 1. The molecule has 0 fully saturated rings. The lowest BCUT2D eigenvalue weighted by Gasteiger charge is -2.18. The number of halogens is 4. The Bertz CT molecular complexity index is 1420. The summed E-state index contributed by atoms with van der Waals surface area (Å²) in [5, 5.41) is 0. The highest BCUT2D eigenvalue weighted by Gasteiger charge is 2.39. The Morgan fingerprint density at radius 1 is 0.818 bits per heavy atom. The molecule has 0 aliphatic heterocycles. The van der Waals surface area contributed by atoms with Crippen LogP contribution in [-0.2, 0) is 38.9 Å². The summed E-state index contributed by atoms with van der Waals surface area (Å²) >= 11 is 3.34. The highest BCUT2D eigenvalue weighted by Crippen LogP contribution is 2.37. The monoisotopic (exact) mass is 559 g/mol. The molecule has 3 aromatic rings. The Labute approximate surface area is 197 Å². The van der Waals surface area contributed by atoms with Gasteiger partial charge in [0, 0.05) is 10.5 Å². The van der Waals surface area contributed by atoms with Gasteiger partial charge < -0.3 is 0 Å². The van der Waals surface area contributed by atoms with Crippen molar-refractivity contribution in [2.24, 2.45) is 0 Å². The molecule has 1 unspecified atom stereocenters. The van der Waals surface area contributed by atoms with Gasteiger partial charge >= 0.3 is 6.18 Å². The van der Waals surface area contributed by atoms with Crippen LogP contribution < -0.4 is 4.72 Å². The van der Waals surface area contributed by atoms with Crippen molar-refractivity contribution in [3.63, 3.8) is 0 Å². The maximum atomic E-state index is 13.7. The standard InChI is InChI=1S/C22H17BrF3NO4S2/c23-16-7-6-14-11-17(12-15(14)10-16)27-33(30,31)21-13-19(8-9-20(21)22(24,25)26)32(28,29)18-4-2-1-3-5-18/h1-10,13,17,27H,11-12H2. The lowest BCUT2D eigenvalue weighted by Crippen LogP contribution is -2.36. The minimum atomic E-state index is -5.00. The summed E-state index contributed by atoms with van der Waals surface area (Å²) in [6, 6.07) is 13.7. The highest BCUT2D eigenvalue weighted by atomic mass is 79.9. The molecule has 174 valence electrons. The average molecular weight is 560 g/mol. The fourth-order valence-corrected chi connectivity index (χ4v) is 7.09. The van der Waals surface area contributed by atoms with Gasteiger partial charge in [-0.05, 0) is 66.4 Å². The van der Waals surface area contributed by atoms with Crippen molar-refractivity contribution in [1.82, 2.24) is 4.72 Å². The molecule has 4 rings (SSSR count). The smallest absolute Gasteiger partial charge is 0.219 e. The molecule has 0 heterocycles. The third-order valence-electron chi connectivity index (χ3n) is 5.33. The molecule has 33 heavy (non-hydrogen) atoms. The Morgan fingerprint density at radius 3 is 2.15 bits per heavy atom. The number of sulfone groups is 1. The minimum Gasteiger partial charge on any atom is -0.219 e. The van der Waals surface area contributed by atoms with E-state index in [4.69, 9.17) is 0 Å². The second-order valence-electron chi connectivity index (χ2n) is 7.61. The van der Waals surface area contributed by atoms with E-state index in [0.717, 1.165) is 21.7 Å². The van der Waals surface area contributed by atoms with Crippen molar-refractivity contribution in [2.45, 2.75) is 39.7 Å². The van der Waals surface area contributed by atoms with E-state index >= 15 is 0 Å². The molecule has 0 bridgehead atoms. The van der Waals surface area contributed by atoms with Crippen LogP contribution in [0.5, 0.6) is 0 Å². The number of rotatable bonds is 5. The fraction of sp³-hybridized carbons (Fsp3) is 0.182. The van der Waals surface area contributed by atoms with Gasteiger partial charge in [-0.3, -0.25) is 0 Å². The van der Waals surface area contributed by atoms with E-state index in [1.54, 1.807) is 12.1 Å². The zero-order valence-corrected chi connectivity index (χ0v) is 20.0. The van der Waals surface area contributed by atoms with Crippen LogP contribution in [0.3, 0.4) is 0 Å². The first-order valence-corrected chi connectivity index (χ1v) is 13.4. The largest absolute Gasteiger partial charge is 0.417 e. The first kappa shape index (κ1) is 23.9. The Kier molecular flexibility index (Phi) is 6.19. The molecular formula is C22H17BrF3NO4S2. The van der Waals surface area contributed by atoms with Crippen LogP contribution >= 0.6 is 15.9 Å². The lowest BCUT2D eigenvalue weighted by molar-refractivity contribution is -0.139. The Balaban J connectivity index is 1.74. The zero-order valence-electron chi connectivity index (χ0n) is 16.8. The zero-order chi connectivity index (χ0) is 24.0. The van der Waals surface area contributed by atoms with Crippen molar-refractivity contribution in [1.29, 1.82) is 0 Å². The number of fused-ring (bicyclic) bond motifs is 1. The number of benzene rings is 3. The summed E-state index contributed by atoms with van der Waals surface area (Å²) in [4.78, 5) is -1.82. The van der Waals surface area contributed by atoms with Crippen LogP contribution in [-0.4, -0.2) is 22.9 Å². The maximum absolute atomic E-state index is 13.7. The molecule has 3 aromatic carbocycles. The molecule has 0 radical (unpaired) electrons. The second-order valence-corrected chi connectivity index (χ2v) is 12.2. The van der Waals surface area contributed by atoms with Crippen molar-refractivity contribution in [2.75, 3.05) is 0 Å². The van der Waals surface area contributed by atoms with E-state index in [1.807, 2.05) is 12.1 Å². The van der Waals surface area contributed by atoms with Crippen LogP contribution in [0.25, 0.3) is 0 Å². The van der Waals surface area contributed by atoms with Gasteiger partial charge in [0.05, 0.1) is 20.2 Å². The Hall–Kier alpha value is -2.21. The van der Waals surface area contributed by atoms with Crippen LogP contribution in [0.15, 0.2) is 85.9 Å². The van der Waals surface area contributed by atoms with E-state index in [9.17, 15) is 30.0 Å². The van der Waals surface area contributed by atoms with Gasteiger partial charge in [0.1, 0.15) is 0 Å². The van der Waals surface area contributed by atoms with Crippen LogP contribution in [0.2, 0.25) is 0 Å². The summed E-state index contributed by atoms with van der Waals surface area (Å²) in [6.45, 7) is 0. The predicted octanol–water partition coefficient (Wildman–Crippen LogP) is 4.75. The molecule has 11 heteroatoms. The van der Waals surface area contributed by atoms with E-state index < -0.39 is 47.4 Å². The lowest BCUT2D eigenvalue weighted by atomic mass is 10.1. The number of sulfonamides is 1. The SMILES string of the molecule is O=S(=O)(NC1Cc2ccc(Br)cc2C1)c1cc(S(=O)(=O)c2ccccc2)ccc1C(F)(F)F. The molecule has 0 amide bonds. The van der Waals surface area contributed by atoms with Crippen LogP contribution in [0.1, 0.15) is 16.7 Å². The van der Waals surface area contributed by atoms with Crippen LogP contribution in [0, 0.1) is 0 Å². The van der Waals surface area contributed by atoms with E-state index in [-0.39, 0.29) is 4.90 Å². The molecule has 0 saturated carbocycles. The normalized spacial score (nSPS) is 16.5. The molecule has 1 atom stereocenters. The van der Waals surface area contributed by atoms with E-state index in [0.29, 0.717) is 25.0 Å². The quantitative estimate of drug-likeness (QED) is 0.489. The molecule has 1 aliphatic rings. The third-order valence-corrected chi connectivity index (χ3v) is 9.16. The third kappa shape index (κ3) is 4.86. The fourth-order valence-electron chi connectivity index (χ4n) is 3.82. The van der Waals surface area contributed by atoms with Crippen molar-refractivity contribution in [3.05, 3.63) is 87.9 Å². The summed E-state index contributed by atoms with van der Waals surface area (Å²) in [5.74, 6) is 0. The first-order chi connectivity index (χ1) is 15.4. The Morgan fingerprint density at radius 2 is 1.48 bits per heavy atom. The van der Waals surface area contributed by atoms with Gasteiger partial charge in [-0.1, -0.05) is 40.2 Å². The molecule has 1 N–H and O–H groups in total. The number of alkyl halides is 3. The molecule has 0 spiro atoms. The number of hydrogen-bond acceptors (Lipinski definition) is 4. The van der Waals surface area contributed by atoms with Gasteiger partial charge in [-0.2, -0.15) is 13.2 Å². The van der Waals surface area contributed by atoms with Gasteiger partial charge in [0.25, 0.3) is 0 Å². The number of nitrogens with one attached hydrogen (secondary N) is 1. The van der Waals surface area contributed by atoms with Gasteiger partial charge in [0.2, 0.25) is 19.9 Å². The second kappa shape index (κ2) is 8.53. The van der Waals surface area contributed by atoms with Crippen molar-refractivity contribution in [3.8, 4) is 0 Å². The average Bonchev–Trinajstić information content (AvgIpc) is 3.13. The summed E-state index contributed by atoms with van der Waals surface area (Å²) in [6.07, 6.45) is -4.38. The maximum Gasteiger partial charge on any atom is 0.417 e.